The van der Waals surface area contributed by atoms with Crippen molar-refractivity contribution in [2.45, 2.75) is 0 Å². The summed E-state index contributed by atoms with van der Waals surface area (Å²) in [6.07, 6.45) is 0. The van der Waals surface area contributed by atoms with E-state index in [1.165, 1.54) is 11.6 Å². The molecule has 2 N–H and O–H groups in total. The number of nitrogens with zero attached hydrogens (tertiary/aromatic N) is 1. The summed E-state index contributed by atoms with van der Waals surface area (Å²) in [5, 5.41) is 4.23. The molecule has 0 atom stereocenters. The van der Waals surface area contributed by atoms with Gasteiger partial charge in [0.25, 0.3) is 0 Å². The third-order valence-corrected chi connectivity index (χ3v) is 1.02. The maximum absolute atomic E-state index is 10.5. The van der Waals surface area contributed by atoms with Crippen LogP contribution in [0, 0.1) is 6.54 Å². The number of carbonyl (C=O) groups excluding carboxylic acids is 1. The van der Waals surface area contributed by atoms with Gasteiger partial charge < -0.3 is 5.32 Å². The van der Waals surface area contributed by atoms with Crippen LogP contribution in [0.4, 0.5) is 0 Å². The zero-order chi connectivity index (χ0) is 6.85. The summed E-state index contributed by atoms with van der Waals surface area (Å²) in [6, 6.07) is 0. The van der Waals surface area contributed by atoms with E-state index in [0.717, 1.165) is 0 Å². The molecule has 0 saturated carbocycles. The molecule has 1 amide bonds. The summed E-state index contributed by atoms with van der Waals surface area (Å²) in [4.78, 5) is 10.5. The van der Waals surface area contributed by atoms with Crippen LogP contribution in [0.1, 0.15) is 0 Å². The zero-order valence-corrected chi connectivity index (χ0v) is 5.66. The Hall–Kier alpha value is -0.680. The van der Waals surface area contributed by atoms with Gasteiger partial charge in [-0.05, 0) is 12.2 Å². The van der Waals surface area contributed by atoms with Gasteiger partial charge in [0.05, 0.1) is 0 Å². The number of amides is 1. The number of hydrazine groups is 1. The highest BCUT2D eigenvalue weighted by Gasteiger charge is 2.15. The molecule has 0 bridgehead atoms. The average Bonchev–Trinajstić information content (AvgIpc) is 1.59. The molecule has 0 aromatic rings. The van der Waals surface area contributed by atoms with E-state index < -0.39 is 0 Å². The predicted molar refractivity (Wildman–Crippen MR) is 35.9 cm³/mol. The van der Waals surface area contributed by atoms with Crippen LogP contribution in [0.15, 0.2) is 0 Å². The lowest BCUT2D eigenvalue weighted by atomic mass is 10.5. The third kappa shape index (κ3) is 1.62. The van der Waals surface area contributed by atoms with Gasteiger partial charge in [0.1, 0.15) is 6.54 Å². The second-order valence-electron chi connectivity index (χ2n) is 1.67. The first-order chi connectivity index (χ1) is 4.18. The number of likely N-dealkylation sites (N-methyl/N-ethyl adjacent to an activating group) is 1. The number of rotatable bonds is 0. The molecule has 1 aliphatic heterocycles. The number of thiocarbonyl (C=S) groups is 1. The minimum Gasteiger partial charge on any atom is -0.301 e. The summed E-state index contributed by atoms with van der Waals surface area (Å²) >= 11 is 4.66. The molecular formula is C4H6N3OS. The van der Waals surface area contributed by atoms with Gasteiger partial charge in [0.15, 0.2) is 5.11 Å². The first kappa shape index (κ1) is 6.44. The van der Waals surface area contributed by atoms with Gasteiger partial charge in [-0.2, -0.15) is 0 Å². The van der Waals surface area contributed by atoms with E-state index in [4.69, 9.17) is 0 Å². The van der Waals surface area contributed by atoms with Gasteiger partial charge in [-0.3, -0.25) is 10.2 Å². The summed E-state index contributed by atoms with van der Waals surface area (Å²) in [7, 11) is 1.70. The fraction of sp³-hybridized carbons (Fsp3) is 0.250. The lowest BCUT2D eigenvalue weighted by Gasteiger charge is -2.23. The van der Waals surface area contributed by atoms with Crippen molar-refractivity contribution in [3.8, 4) is 0 Å². The second kappa shape index (κ2) is 2.28. The molecule has 0 aromatic carbocycles. The Labute approximate surface area is 58.2 Å². The SMILES string of the molecule is CN1[CH]C(=O)NC(=S)N1. The van der Waals surface area contributed by atoms with E-state index in [1.54, 1.807) is 7.05 Å². The Bertz CT molecular complexity index is 142. The number of hydrogen-bond donors (Lipinski definition) is 2. The molecule has 1 radical (unpaired) electrons. The van der Waals surface area contributed by atoms with Crippen molar-refractivity contribution in [2.75, 3.05) is 7.05 Å². The molecule has 5 heteroatoms. The lowest BCUT2D eigenvalue weighted by molar-refractivity contribution is -0.119. The molecule has 1 heterocycles. The fourth-order valence-corrected chi connectivity index (χ4v) is 0.785. The van der Waals surface area contributed by atoms with E-state index in [1.807, 2.05) is 0 Å². The smallest absolute Gasteiger partial charge is 0.247 e. The molecule has 0 aromatic heterocycles. The zero-order valence-electron chi connectivity index (χ0n) is 4.84. The second-order valence-corrected chi connectivity index (χ2v) is 2.08. The lowest BCUT2D eigenvalue weighted by Crippen LogP contribution is -2.54. The van der Waals surface area contributed by atoms with E-state index in [2.05, 4.69) is 23.0 Å². The molecule has 1 aliphatic rings. The van der Waals surface area contributed by atoms with Gasteiger partial charge in [-0.25, -0.2) is 5.01 Å². The van der Waals surface area contributed by atoms with Crippen LogP contribution in [0.2, 0.25) is 0 Å². The first-order valence-electron chi connectivity index (χ1n) is 2.38. The van der Waals surface area contributed by atoms with E-state index in [0.29, 0.717) is 5.11 Å². The van der Waals surface area contributed by atoms with Crippen LogP contribution < -0.4 is 10.7 Å². The highest BCUT2D eigenvalue weighted by molar-refractivity contribution is 7.80. The van der Waals surface area contributed by atoms with Crippen LogP contribution in [0.3, 0.4) is 0 Å². The summed E-state index contributed by atoms with van der Waals surface area (Å²) in [5.74, 6) is -0.193. The van der Waals surface area contributed by atoms with Gasteiger partial charge in [-0.1, -0.05) is 0 Å². The molecule has 1 saturated heterocycles. The van der Waals surface area contributed by atoms with Gasteiger partial charge in [0.2, 0.25) is 5.91 Å². The minimum atomic E-state index is -0.193. The normalized spacial score (nSPS) is 21.0. The van der Waals surface area contributed by atoms with Crippen molar-refractivity contribution in [1.29, 1.82) is 0 Å². The molecule has 1 fully saturated rings. The van der Waals surface area contributed by atoms with Crippen molar-refractivity contribution in [3.63, 3.8) is 0 Å². The average molecular weight is 144 g/mol. The number of carbonyl (C=O) groups is 1. The van der Waals surface area contributed by atoms with Crippen LogP contribution in [0.5, 0.6) is 0 Å². The van der Waals surface area contributed by atoms with Gasteiger partial charge in [-0.15, -0.1) is 0 Å². The molecule has 0 aliphatic carbocycles. The largest absolute Gasteiger partial charge is 0.301 e. The topological polar surface area (TPSA) is 44.4 Å². The van der Waals surface area contributed by atoms with Crippen LogP contribution in [-0.2, 0) is 4.79 Å². The Kier molecular flexibility index (Phi) is 1.63. The van der Waals surface area contributed by atoms with Crippen molar-refractivity contribution < 1.29 is 4.79 Å². The maximum atomic E-state index is 10.5. The Morgan fingerprint density at radius 2 is 2.44 bits per heavy atom. The highest BCUT2D eigenvalue weighted by atomic mass is 32.1. The minimum absolute atomic E-state index is 0.193. The predicted octanol–water partition coefficient (Wildman–Crippen LogP) is -1.00. The summed E-state index contributed by atoms with van der Waals surface area (Å²) in [5.41, 5.74) is 2.69. The Morgan fingerprint density at radius 3 is 2.89 bits per heavy atom. The molecule has 0 unspecified atom stereocenters. The molecule has 0 spiro atoms. The highest BCUT2D eigenvalue weighted by Crippen LogP contribution is 1.88. The van der Waals surface area contributed by atoms with Crippen molar-refractivity contribution >= 4 is 23.2 Å². The Morgan fingerprint density at radius 1 is 1.78 bits per heavy atom. The van der Waals surface area contributed by atoms with Crippen LogP contribution in [-0.4, -0.2) is 23.1 Å². The molecule has 4 nitrogen and oxygen atoms in total. The van der Waals surface area contributed by atoms with Crippen molar-refractivity contribution in [3.05, 3.63) is 6.54 Å². The monoisotopic (exact) mass is 144 g/mol. The van der Waals surface area contributed by atoms with Crippen LogP contribution in [0.25, 0.3) is 0 Å². The van der Waals surface area contributed by atoms with Gasteiger partial charge >= 0.3 is 0 Å². The number of hydrogen-bond acceptors (Lipinski definition) is 3. The number of nitrogens with one attached hydrogen (secondary N) is 2. The molecular weight excluding hydrogens is 138 g/mol. The molecule has 9 heavy (non-hydrogen) atoms. The van der Waals surface area contributed by atoms with E-state index in [-0.39, 0.29) is 5.91 Å². The standard InChI is InChI=1S/C4H6N3OS/c1-7-2-3(8)5-4(9)6-7/h2H,1H3,(H2,5,6,8,9). The Balaban J connectivity index is 2.53. The summed E-state index contributed by atoms with van der Waals surface area (Å²) < 4.78 is 0. The van der Waals surface area contributed by atoms with Gasteiger partial charge in [0, 0.05) is 7.05 Å². The third-order valence-electron chi connectivity index (χ3n) is 0.826. The molecule has 1 rings (SSSR count). The van der Waals surface area contributed by atoms with Crippen molar-refractivity contribution in [1.82, 2.24) is 15.8 Å². The molecule has 49 valence electrons. The quantitative estimate of drug-likeness (QED) is 0.428. The first-order valence-corrected chi connectivity index (χ1v) is 2.78. The van der Waals surface area contributed by atoms with E-state index in [9.17, 15) is 4.79 Å². The fourth-order valence-electron chi connectivity index (χ4n) is 0.540. The van der Waals surface area contributed by atoms with Crippen LogP contribution >= 0.6 is 12.2 Å². The summed E-state index contributed by atoms with van der Waals surface area (Å²) in [6.45, 7) is 1.37. The maximum Gasteiger partial charge on any atom is 0.247 e. The van der Waals surface area contributed by atoms with Crippen molar-refractivity contribution in [2.24, 2.45) is 0 Å². The van der Waals surface area contributed by atoms with E-state index >= 15 is 0 Å².